The summed E-state index contributed by atoms with van der Waals surface area (Å²) in [5.74, 6) is 1.53. The molecule has 1 aliphatic heterocycles. The summed E-state index contributed by atoms with van der Waals surface area (Å²) in [4.78, 5) is 9.30. The van der Waals surface area contributed by atoms with E-state index in [4.69, 9.17) is 0 Å². The van der Waals surface area contributed by atoms with Gasteiger partial charge >= 0.3 is 0 Å². The molecule has 0 bridgehead atoms. The van der Waals surface area contributed by atoms with E-state index >= 15 is 0 Å². The second kappa shape index (κ2) is 10.0. The zero-order valence-electron chi connectivity index (χ0n) is 14.7. The Morgan fingerprint density at radius 2 is 1.90 bits per heavy atom. The molecule has 0 aromatic heterocycles. The van der Waals surface area contributed by atoms with E-state index in [-0.39, 0.29) is 0 Å². The Morgan fingerprint density at radius 3 is 2.57 bits per heavy atom. The Morgan fingerprint density at radius 1 is 1.14 bits per heavy atom. The van der Waals surface area contributed by atoms with Gasteiger partial charge in [-0.15, -0.1) is 0 Å². The minimum atomic E-state index is 0.442. The third-order valence-corrected chi connectivity index (χ3v) is 4.34. The summed E-state index contributed by atoms with van der Waals surface area (Å²) < 4.78 is 0. The second-order valence-electron chi connectivity index (χ2n) is 6.53. The molecule has 1 heterocycles. The van der Waals surface area contributed by atoms with Crippen LogP contribution in [0.25, 0.3) is 0 Å². The van der Waals surface area contributed by atoms with Gasteiger partial charge in [-0.2, -0.15) is 0 Å². The number of hydrogen-bond acceptors (Lipinski definition) is 3. The zero-order valence-corrected chi connectivity index (χ0v) is 14.7. The summed E-state index contributed by atoms with van der Waals surface area (Å²) in [6, 6.07) is 0.442. The van der Waals surface area contributed by atoms with Gasteiger partial charge in [0.15, 0.2) is 5.96 Å². The van der Waals surface area contributed by atoms with E-state index in [0.717, 1.165) is 12.5 Å². The first-order valence-corrected chi connectivity index (χ1v) is 8.41. The third kappa shape index (κ3) is 7.67. The number of nitrogens with one attached hydrogen (secondary N) is 2. The van der Waals surface area contributed by atoms with Crippen LogP contribution >= 0.6 is 0 Å². The first-order valence-electron chi connectivity index (χ1n) is 8.41. The van der Waals surface area contributed by atoms with Crippen molar-refractivity contribution in [2.45, 2.75) is 39.7 Å². The maximum atomic E-state index is 4.29. The van der Waals surface area contributed by atoms with Crippen LogP contribution in [0.5, 0.6) is 0 Å². The van der Waals surface area contributed by atoms with E-state index in [9.17, 15) is 0 Å². The molecule has 0 spiro atoms. The predicted molar refractivity (Wildman–Crippen MR) is 92.0 cm³/mol. The van der Waals surface area contributed by atoms with Crippen molar-refractivity contribution in [2.24, 2.45) is 10.9 Å². The van der Waals surface area contributed by atoms with Crippen LogP contribution in [0.1, 0.15) is 33.6 Å². The van der Waals surface area contributed by atoms with Crippen molar-refractivity contribution >= 4 is 5.96 Å². The molecule has 1 atom stereocenters. The number of likely N-dealkylation sites (N-methyl/N-ethyl adjacent to an activating group) is 1. The van der Waals surface area contributed by atoms with E-state index in [1.807, 2.05) is 7.05 Å². The maximum Gasteiger partial charge on any atom is 0.191 e. The summed E-state index contributed by atoms with van der Waals surface area (Å²) in [5.41, 5.74) is 0. The molecule has 1 unspecified atom stereocenters. The Labute approximate surface area is 131 Å². The molecule has 0 amide bonds. The lowest BCUT2D eigenvalue weighted by Gasteiger charge is -2.22. The molecule has 2 N–H and O–H groups in total. The molecule has 1 rings (SSSR count). The summed E-state index contributed by atoms with van der Waals surface area (Å²) in [5, 5.41) is 6.86. The van der Waals surface area contributed by atoms with Gasteiger partial charge in [-0.1, -0.05) is 13.8 Å². The average molecular weight is 297 g/mol. The Bertz CT molecular complexity index is 303. The lowest BCUT2D eigenvalue weighted by molar-refractivity contribution is 0.273. The molecule has 21 heavy (non-hydrogen) atoms. The van der Waals surface area contributed by atoms with Crippen LogP contribution < -0.4 is 10.6 Å². The largest absolute Gasteiger partial charge is 0.356 e. The van der Waals surface area contributed by atoms with Crippen molar-refractivity contribution in [2.75, 3.05) is 53.4 Å². The van der Waals surface area contributed by atoms with E-state index < -0.39 is 0 Å². The van der Waals surface area contributed by atoms with Crippen LogP contribution in [0.15, 0.2) is 4.99 Å². The highest BCUT2D eigenvalue weighted by Gasteiger charge is 2.12. The third-order valence-electron chi connectivity index (χ3n) is 4.34. The van der Waals surface area contributed by atoms with Gasteiger partial charge in [0.25, 0.3) is 0 Å². The smallest absolute Gasteiger partial charge is 0.191 e. The van der Waals surface area contributed by atoms with Gasteiger partial charge in [0, 0.05) is 32.7 Å². The van der Waals surface area contributed by atoms with Crippen molar-refractivity contribution in [1.82, 2.24) is 20.4 Å². The van der Waals surface area contributed by atoms with Gasteiger partial charge in [0.2, 0.25) is 0 Å². The Balaban J connectivity index is 2.17. The Kier molecular flexibility index (Phi) is 8.69. The van der Waals surface area contributed by atoms with Crippen molar-refractivity contribution in [1.29, 1.82) is 0 Å². The van der Waals surface area contributed by atoms with Gasteiger partial charge in [0.05, 0.1) is 0 Å². The number of guanidine groups is 1. The molecule has 5 heteroatoms. The molecule has 0 saturated carbocycles. The van der Waals surface area contributed by atoms with E-state index in [1.165, 1.54) is 45.6 Å². The standard InChI is InChI=1S/C16H35N5/c1-14(2)15(3)19-16(17-4)18-8-6-10-21-11-7-9-20(5)12-13-21/h14-15H,6-13H2,1-5H3,(H2,17,18,19). The number of rotatable bonds is 6. The van der Waals surface area contributed by atoms with Crippen LogP contribution in [0.4, 0.5) is 0 Å². The monoisotopic (exact) mass is 297 g/mol. The number of hydrogen-bond donors (Lipinski definition) is 2. The van der Waals surface area contributed by atoms with Crippen LogP contribution in [-0.4, -0.2) is 75.2 Å². The van der Waals surface area contributed by atoms with Crippen LogP contribution in [0.3, 0.4) is 0 Å². The molecule has 0 aliphatic carbocycles. The summed E-state index contributed by atoms with van der Waals surface area (Å²) in [7, 11) is 4.06. The molecule has 1 aliphatic rings. The van der Waals surface area contributed by atoms with E-state index in [2.05, 4.69) is 53.2 Å². The van der Waals surface area contributed by atoms with Gasteiger partial charge in [-0.05, 0) is 52.4 Å². The summed E-state index contributed by atoms with van der Waals surface area (Å²) >= 11 is 0. The Hall–Kier alpha value is -0.810. The summed E-state index contributed by atoms with van der Waals surface area (Å²) in [6.07, 6.45) is 2.46. The SMILES string of the molecule is CN=C(NCCCN1CCCN(C)CC1)NC(C)C(C)C. The fourth-order valence-corrected chi connectivity index (χ4v) is 2.41. The number of nitrogens with zero attached hydrogens (tertiary/aromatic N) is 3. The topological polar surface area (TPSA) is 42.9 Å². The first-order chi connectivity index (χ1) is 10.0. The first kappa shape index (κ1) is 18.2. The van der Waals surface area contributed by atoms with Gasteiger partial charge in [-0.3, -0.25) is 4.99 Å². The highest BCUT2D eigenvalue weighted by Crippen LogP contribution is 2.02. The lowest BCUT2D eigenvalue weighted by Crippen LogP contribution is -2.45. The van der Waals surface area contributed by atoms with Crippen LogP contribution in [-0.2, 0) is 0 Å². The average Bonchev–Trinajstić information content (AvgIpc) is 2.66. The fourth-order valence-electron chi connectivity index (χ4n) is 2.41. The minimum absolute atomic E-state index is 0.442. The minimum Gasteiger partial charge on any atom is -0.356 e. The van der Waals surface area contributed by atoms with Gasteiger partial charge < -0.3 is 20.4 Å². The molecule has 0 aromatic rings. The van der Waals surface area contributed by atoms with Crippen molar-refractivity contribution < 1.29 is 0 Å². The van der Waals surface area contributed by atoms with Crippen molar-refractivity contribution in [3.8, 4) is 0 Å². The second-order valence-corrected chi connectivity index (χ2v) is 6.53. The zero-order chi connectivity index (χ0) is 15.7. The van der Waals surface area contributed by atoms with Gasteiger partial charge in [0.1, 0.15) is 0 Å². The van der Waals surface area contributed by atoms with Crippen LogP contribution in [0.2, 0.25) is 0 Å². The van der Waals surface area contributed by atoms with Crippen molar-refractivity contribution in [3.63, 3.8) is 0 Å². The molecule has 5 nitrogen and oxygen atoms in total. The summed E-state index contributed by atoms with van der Waals surface area (Å²) in [6.45, 7) is 13.7. The van der Waals surface area contributed by atoms with E-state index in [1.54, 1.807) is 0 Å². The number of aliphatic imine (C=N–C) groups is 1. The van der Waals surface area contributed by atoms with Gasteiger partial charge in [-0.25, -0.2) is 0 Å². The van der Waals surface area contributed by atoms with Crippen LogP contribution in [0, 0.1) is 5.92 Å². The lowest BCUT2D eigenvalue weighted by atomic mass is 10.1. The quantitative estimate of drug-likeness (QED) is 0.439. The molecule has 124 valence electrons. The predicted octanol–water partition coefficient (Wildman–Crippen LogP) is 1.22. The van der Waals surface area contributed by atoms with E-state index in [0.29, 0.717) is 12.0 Å². The van der Waals surface area contributed by atoms with Crippen molar-refractivity contribution in [3.05, 3.63) is 0 Å². The highest BCUT2D eigenvalue weighted by atomic mass is 15.2. The highest BCUT2D eigenvalue weighted by molar-refractivity contribution is 5.79. The molecule has 0 radical (unpaired) electrons. The molecule has 1 fully saturated rings. The molecule has 1 saturated heterocycles. The fraction of sp³-hybridized carbons (Fsp3) is 0.938. The molecular formula is C16H35N5. The molecular weight excluding hydrogens is 262 g/mol. The molecule has 0 aromatic carbocycles. The normalized spacial score (nSPS) is 20.4. The maximum absolute atomic E-state index is 4.29.